The molecule has 1 aromatic heterocycles. The van der Waals surface area contributed by atoms with E-state index in [1.165, 1.54) is 11.3 Å². The van der Waals surface area contributed by atoms with Gasteiger partial charge in [-0.1, -0.05) is 29.8 Å². The number of likely N-dealkylation sites (N-methyl/N-ethyl adjacent to an activating group) is 1. The van der Waals surface area contributed by atoms with E-state index >= 15 is 0 Å². The standard InChI is InChI=1S/C19H23ClN4O2S/c1-23(13-18(26)24-8-4-5-9-24)12-17(25)22-19-21-11-15(27-19)10-14-6-2-3-7-16(14)20/h2-3,6-7,11H,4-5,8-10,12-13H2,1H3,(H,21,22,25). The van der Waals surface area contributed by atoms with Crippen molar-refractivity contribution in [2.45, 2.75) is 19.3 Å². The summed E-state index contributed by atoms with van der Waals surface area (Å²) in [6, 6.07) is 7.69. The number of thiazole rings is 1. The first-order valence-corrected chi connectivity index (χ1v) is 10.1. The molecule has 0 aliphatic carbocycles. The average molecular weight is 407 g/mol. The lowest BCUT2D eigenvalue weighted by Crippen LogP contribution is -2.40. The van der Waals surface area contributed by atoms with Crippen LogP contribution in [-0.4, -0.2) is 59.8 Å². The number of carbonyl (C=O) groups is 2. The summed E-state index contributed by atoms with van der Waals surface area (Å²) in [7, 11) is 1.78. The van der Waals surface area contributed by atoms with Gasteiger partial charge >= 0.3 is 0 Å². The van der Waals surface area contributed by atoms with Gasteiger partial charge in [0.05, 0.1) is 13.1 Å². The first-order chi connectivity index (χ1) is 13.0. The van der Waals surface area contributed by atoms with Crippen molar-refractivity contribution in [1.82, 2.24) is 14.8 Å². The smallest absolute Gasteiger partial charge is 0.240 e. The van der Waals surface area contributed by atoms with Crippen molar-refractivity contribution < 1.29 is 9.59 Å². The average Bonchev–Trinajstić information content (AvgIpc) is 3.29. The molecule has 0 bridgehead atoms. The Morgan fingerprint density at radius 1 is 1.26 bits per heavy atom. The van der Waals surface area contributed by atoms with E-state index in [0.717, 1.165) is 41.4 Å². The minimum atomic E-state index is -0.176. The van der Waals surface area contributed by atoms with Crippen LogP contribution in [0.1, 0.15) is 23.3 Å². The summed E-state index contributed by atoms with van der Waals surface area (Å²) in [5.41, 5.74) is 1.03. The van der Waals surface area contributed by atoms with Crippen molar-refractivity contribution in [3.63, 3.8) is 0 Å². The Bertz CT molecular complexity index is 805. The van der Waals surface area contributed by atoms with Gasteiger partial charge in [0.1, 0.15) is 0 Å². The molecule has 1 fully saturated rings. The quantitative estimate of drug-likeness (QED) is 0.767. The van der Waals surface area contributed by atoms with E-state index in [-0.39, 0.29) is 24.9 Å². The molecule has 3 rings (SSSR count). The molecule has 1 aliphatic heterocycles. The number of likely N-dealkylation sites (tertiary alicyclic amines) is 1. The van der Waals surface area contributed by atoms with Crippen LogP contribution in [-0.2, 0) is 16.0 Å². The lowest BCUT2D eigenvalue weighted by atomic mass is 10.1. The Morgan fingerprint density at radius 2 is 2.00 bits per heavy atom. The first kappa shape index (κ1) is 19.8. The maximum absolute atomic E-state index is 12.2. The Labute approximate surface area is 168 Å². The number of nitrogens with zero attached hydrogens (tertiary/aromatic N) is 3. The lowest BCUT2D eigenvalue weighted by molar-refractivity contribution is -0.131. The van der Waals surface area contributed by atoms with Crippen molar-refractivity contribution in [3.05, 3.63) is 45.9 Å². The van der Waals surface area contributed by atoms with Gasteiger partial charge in [-0.05, 0) is 31.5 Å². The molecule has 0 radical (unpaired) electrons. The van der Waals surface area contributed by atoms with Crippen molar-refractivity contribution in [2.24, 2.45) is 0 Å². The second kappa shape index (κ2) is 9.30. The minimum absolute atomic E-state index is 0.0825. The Balaban J connectivity index is 1.47. The summed E-state index contributed by atoms with van der Waals surface area (Å²) in [6.45, 7) is 2.06. The predicted octanol–water partition coefficient (Wildman–Crippen LogP) is 2.88. The third-order valence-electron chi connectivity index (χ3n) is 4.40. The molecule has 1 aliphatic rings. The normalized spacial score (nSPS) is 14.0. The van der Waals surface area contributed by atoms with Crippen LogP contribution < -0.4 is 5.32 Å². The zero-order chi connectivity index (χ0) is 19.2. The molecule has 2 amide bonds. The van der Waals surface area contributed by atoms with Gasteiger partial charge in [0.25, 0.3) is 0 Å². The molecule has 0 atom stereocenters. The minimum Gasteiger partial charge on any atom is -0.342 e. The van der Waals surface area contributed by atoms with E-state index < -0.39 is 0 Å². The van der Waals surface area contributed by atoms with E-state index in [1.54, 1.807) is 18.1 Å². The van der Waals surface area contributed by atoms with Crippen LogP contribution in [0.5, 0.6) is 0 Å². The fourth-order valence-corrected chi connectivity index (χ4v) is 4.09. The van der Waals surface area contributed by atoms with Gasteiger partial charge in [0.2, 0.25) is 11.8 Å². The molecule has 144 valence electrons. The Hall–Kier alpha value is -1.96. The molecule has 1 saturated heterocycles. The zero-order valence-electron chi connectivity index (χ0n) is 15.3. The summed E-state index contributed by atoms with van der Waals surface area (Å²) < 4.78 is 0. The van der Waals surface area contributed by atoms with Crippen molar-refractivity contribution in [2.75, 3.05) is 38.5 Å². The van der Waals surface area contributed by atoms with Gasteiger partial charge in [-0.3, -0.25) is 14.5 Å². The van der Waals surface area contributed by atoms with Gasteiger partial charge in [-0.25, -0.2) is 4.98 Å². The van der Waals surface area contributed by atoms with Crippen molar-refractivity contribution >= 4 is 39.9 Å². The number of carbonyl (C=O) groups excluding carboxylic acids is 2. The molecule has 0 saturated carbocycles. The summed E-state index contributed by atoms with van der Waals surface area (Å²) in [4.78, 5) is 33.2. The molecule has 0 unspecified atom stereocenters. The molecular weight excluding hydrogens is 384 g/mol. The molecule has 27 heavy (non-hydrogen) atoms. The fourth-order valence-electron chi connectivity index (χ4n) is 3.03. The van der Waals surface area contributed by atoms with E-state index in [9.17, 15) is 9.59 Å². The number of amides is 2. The molecule has 6 nitrogen and oxygen atoms in total. The summed E-state index contributed by atoms with van der Waals surface area (Å²) >= 11 is 7.62. The Kier molecular flexibility index (Phi) is 6.82. The molecule has 8 heteroatoms. The third-order valence-corrected chi connectivity index (χ3v) is 5.68. The van der Waals surface area contributed by atoms with Crippen LogP contribution in [0.3, 0.4) is 0 Å². The monoisotopic (exact) mass is 406 g/mol. The van der Waals surface area contributed by atoms with Crippen LogP contribution in [0.4, 0.5) is 5.13 Å². The van der Waals surface area contributed by atoms with Gasteiger partial charge in [0.15, 0.2) is 5.13 Å². The first-order valence-electron chi connectivity index (χ1n) is 8.95. The maximum atomic E-state index is 12.2. The van der Waals surface area contributed by atoms with Gasteiger partial charge < -0.3 is 10.2 Å². The topological polar surface area (TPSA) is 65.5 Å². The van der Waals surface area contributed by atoms with E-state index in [4.69, 9.17) is 11.6 Å². The van der Waals surface area contributed by atoms with E-state index in [0.29, 0.717) is 11.6 Å². The number of nitrogens with one attached hydrogen (secondary N) is 1. The molecule has 2 heterocycles. The number of aromatic nitrogens is 1. The van der Waals surface area contributed by atoms with Gasteiger partial charge in [-0.2, -0.15) is 0 Å². The molecule has 0 spiro atoms. The second-order valence-electron chi connectivity index (χ2n) is 6.71. The molecular formula is C19H23ClN4O2S. The summed E-state index contributed by atoms with van der Waals surface area (Å²) in [6.07, 6.45) is 4.56. The predicted molar refractivity (Wildman–Crippen MR) is 108 cm³/mol. The number of benzene rings is 1. The van der Waals surface area contributed by atoms with Crippen LogP contribution in [0.2, 0.25) is 5.02 Å². The fraction of sp³-hybridized carbons (Fsp3) is 0.421. The summed E-state index contributed by atoms with van der Waals surface area (Å²) in [5.74, 6) is -0.0931. The lowest BCUT2D eigenvalue weighted by Gasteiger charge is -2.20. The number of anilines is 1. The molecule has 1 N–H and O–H groups in total. The van der Waals surface area contributed by atoms with Crippen molar-refractivity contribution in [3.8, 4) is 0 Å². The van der Waals surface area contributed by atoms with E-state index in [2.05, 4.69) is 10.3 Å². The number of hydrogen-bond donors (Lipinski definition) is 1. The van der Waals surface area contributed by atoms with Crippen LogP contribution in [0.25, 0.3) is 0 Å². The Morgan fingerprint density at radius 3 is 2.74 bits per heavy atom. The maximum Gasteiger partial charge on any atom is 0.240 e. The highest BCUT2D eigenvalue weighted by Gasteiger charge is 2.20. The highest BCUT2D eigenvalue weighted by molar-refractivity contribution is 7.15. The van der Waals surface area contributed by atoms with Gasteiger partial charge in [0, 0.05) is 35.6 Å². The van der Waals surface area contributed by atoms with Crippen LogP contribution in [0.15, 0.2) is 30.5 Å². The summed E-state index contributed by atoms with van der Waals surface area (Å²) in [5, 5.41) is 4.09. The molecule has 1 aromatic carbocycles. The number of halogens is 1. The SMILES string of the molecule is CN(CC(=O)Nc1ncc(Cc2ccccc2Cl)s1)CC(=O)N1CCCC1. The highest BCUT2D eigenvalue weighted by atomic mass is 35.5. The number of hydrogen-bond acceptors (Lipinski definition) is 5. The highest BCUT2D eigenvalue weighted by Crippen LogP contribution is 2.24. The van der Waals surface area contributed by atoms with Gasteiger partial charge in [-0.15, -0.1) is 11.3 Å². The van der Waals surface area contributed by atoms with E-state index in [1.807, 2.05) is 29.2 Å². The molecule has 2 aromatic rings. The van der Waals surface area contributed by atoms with Crippen LogP contribution in [0, 0.1) is 0 Å². The van der Waals surface area contributed by atoms with Crippen LogP contribution >= 0.6 is 22.9 Å². The largest absolute Gasteiger partial charge is 0.342 e. The number of rotatable bonds is 7. The third kappa shape index (κ3) is 5.76. The zero-order valence-corrected chi connectivity index (χ0v) is 16.9. The second-order valence-corrected chi connectivity index (χ2v) is 8.23. The van der Waals surface area contributed by atoms with Crippen molar-refractivity contribution in [1.29, 1.82) is 0 Å².